The average molecular weight is 211 g/mol. The Hall–Kier alpha value is -1.42. The molecule has 1 aromatic rings. The SMILES string of the molecule is CN(C)C(C)(C(=O)O)c1ccc(F)cc1. The lowest BCUT2D eigenvalue weighted by Crippen LogP contribution is -2.45. The Morgan fingerprint density at radius 1 is 1.33 bits per heavy atom. The van der Waals surface area contributed by atoms with Crippen LogP contribution in [0.2, 0.25) is 0 Å². The summed E-state index contributed by atoms with van der Waals surface area (Å²) in [6.07, 6.45) is 0. The second kappa shape index (κ2) is 3.98. The van der Waals surface area contributed by atoms with E-state index in [-0.39, 0.29) is 5.82 Å². The van der Waals surface area contributed by atoms with Gasteiger partial charge in [-0.2, -0.15) is 0 Å². The smallest absolute Gasteiger partial charge is 0.328 e. The summed E-state index contributed by atoms with van der Waals surface area (Å²) in [4.78, 5) is 12.8. The molecule has 1 unspecified atom stereocenters. The number of hydrogen-bond acceptors (Lipinski definition) is 2. The van der Waals surface area contributed by atoms with Gasteiger partial charge in [0.05, 0.1) is 0 Å². The third-order valence-electron chi connectivity index (χ3n) is 2.72. The number of carbonyl (C=O) groups is 1. The highest BCUT2D eigenvalue weighted by Crippen LogP contribution is 2.26. The molecule has 1 atom stereocenters. The minimum atomic E-state index is -1.13. The number of hydrogen-bond donors (Lipinski definition) is 1. The van der Waals surface area contributed by atoms with Crippen LogP contribution in [-0.4, -0.2) is 30.1 Å². The van der Waals surface area contributed by atoms with Crippen LogP contribution >= 0.6 is 0 Å². The van der Waals surface area contributed by atoms with Gasteiger partial charge in [-0.25, -0.2) is 9.18 Å². The molecule has 1 rings (SSSR count). The van der Waals surface area contributed by atoms with Gasteiger partial charge in [-0.1, -0.05) is 12.1 Å². The molecule has 0 radical (unpaired) electrons. The molecular formula is C11H14FNO2. The second-order valence-corrected chi connectivity index (χ2v) is 3.78. The van der Waals surface area contributed by atoms with Crippen LogP contribution in [0.5, 0.6) is 0 Å². The van der Waals surface area contributed by atoms with Crippen molar-refractivity contribution in [3.8, 4) is 0 Å². The number of nitrogens with zero attached hydrogens (tertiary/aromatic N) is 1. The lowest BCUT2D eigenvalue weighted by atomic mass is 9.91. The predicted molar refractivity (Wildman–Crippen MR) is 55.1 cm³/mol. The predicted octanol–water partition coefficient (Wildman–Crippen LogP) is 1.69. The summed E-state index contributed by atoms with van der Waals surface area (Å²) in [7, 11) is 3.36. The Bertz CT molecular complexity index is 361. The summed E-state index contributed by atoms with van der Waals surface area (Å²) >= 11 is 0. The van der Waals surface area contributed by atoms with E-state index < -0.39 is 11.5 Å². The molecule has 0 fully saturated rings. The first kappa shape index (κ1) is 11.7. The van der Waals surface area contributed by atoms with E-state index in [4.69, 9.17) is 0 Å². The number of benzene rings is 1. The third-order valence-corrected chi connectivity index (χ3v) is 2.72. The summed E-state index contributed by atoms with van der Waals surface area (Å²) in [5.41, 5.74) is -0.574. The highest BCUT2D eigenvalue weighted by atomic mass is 19.1. The van der Waals surface area contributed by atoms with E-state index in [0.29, 0.717) is 5.56 Å². The van der Waals surface area contributed by atoms with Crippen LogP contribution in [0.25, 0.3) is 0 Å². The Morgan fingerprint density at radius 2 is 1.80 bits per heavy atom. The van der Waals surface area contributed by atoms with Crippen molar-refractivity contribution >= 4 is 5.97 Å². The average Bonchev–Trinajstić information content (AvgIpc) is 2.17. The molecule has 0 saturated heterocycles. The van der Waals surface area contributed by atoms with Gasteiger partial charge in [0.25, 0.3) is 0 Å². The largest absolute Gasteiger partial charge is 0.480 e. The van der Waals surface area contributed by atoms with E-state index in [9.17, 15) is 14.3 Å². The van der Waals surface area contributed by atoms with Crippen molar-refractivity contribution < 1.29 is 14.3 Å². The zero-order valence-corrected chi connectivity index (χ0v) is 8.99. The van der Waals surface area contributed by atoms with Gasteiger partial charge >= 0.3 is 5.97 Å². The molecular weight excluding hydrogens is 197 g/mol. The van der Waals surface area contributed by atoms with Crippen molar-refractivity contribution in [2.75, 3.05) is 14.1 Å². The number of carboxylic acids is 1. The molecule has 0 heterocycles. The lowest BCUT2D eigenvalue weighted by Gasteiger charge is -2.32. The summed E-state index contributed by atoms with van der Waals surface area (Å²) in [5, 5.41) is 9.19. The maximum absolute atomic E-state index is 12.7. The van der Waals surface area contributed by atoms with Crippen LogP contribution in [0.4, 0.5) is 4.39 Å². The molecule has 0 saturated carbocycles. The normalized spacial score (nSPS) is 15.0. The van der Waals surface area contributed by atoms with Crippen molar-refractivity contribution in [1.29, 1.82) is 0 Å². The first-order valence-electron chi connectivity index (χ1n) is 4.56. The van der Waals surface area contributed by atoms with E-state index in [2.05, 4.69) is 0 Å². The first-order valence-corrected chi connectivity index (χ1v) is 4.56. The fraction of sp³-hybridized carbons (Fsp3) is 0.364. The van der Waals surface area contributed by atoms with Gasteiger partial charge in [0.2, 0.25) is 0 Å². The zero-order valence-electron chi connectivity index (χ0n) is 8.99. The van der Waals surface area contributed by atoms with Crippen LogP contribution in [-0.2, 0) is 10.3 Å². The molecule has 0 amide bonds. The van der Waals surface area contributed by atoms with Gasteiger partial charge in [0.15, 0.2) is 0 Å². The lowest BCUT2D eigenvalue weighted by molar-refractivity contribution is -0.149. The van der Waals surface area contributed by atoms with Crippen molar-refractivity contribution in [2.24, 2.45) is 0 Å². The standard InChI is InChI=1S/C11H14FNO2/c1-11(10(14)15,13(2)3)8-4-6-9(12)7-5-8/h4-7H,1-3H3,(H,14,15). The summed E-state index contributed by atoms with van der Waals surface area (Å²) in [5.74, 6) is -1.33. The number of rotatable bonds is 3. The number of carboxylic acid groups (broad SMARTS) is 1. The molecule has 0 aliphatic heterocycles. The molecule has 0 aliphatic carbocycles. The highest BCUT2D eigenvalue weighted by Gasteiger charge is 2.37. The van der Waals surface area contributed by atoms with Gasteiger partial charge in [-0.3, -0.25) is 4.90 Å². The van der Waals surface area contributed by atoms with E-state index in [1.807, 2.05) is 0 Å². The summed E-state index contributed by atoms with van der Waals surface area (Å²) in [6, 6.07) is 5.51. The highest BCUT2D eigenvalue weighted by molar-refractivity contribution is 5.80. The van der Waals surface area contributed by atoms with Crippen molar-refractivity contribution in [3.05, 3.63) is 35.6 Å². The number of aliphatic carboxylic acids is 1. The van der Waals surface area contributed by atoms with Gasteiger partial charge in [-0.15, -0.1) is 0 Å². The minimum absolute atomic E-state index is 0.370. The summed E-state index contributed by atoms with van der Waals surface area (Å²) < 4.78 is 12.7. The summed E-state index contributed by atoms with van der Waals surface area (Å²) in [6.45, 7) is 1.59. The van der Waals surface area contributed by atoms with Crippen LogP contribution in [0.1, 0.15) is 12.5 Å². The second-order valence-electron chi connectivity index (χ2n) is 3.78. The molecule has 0 bridgehead atoms. The van der Waals surface area contributed by atoms with Crippen molar-refractivity contribution in [1.82, 2.24) is 4.90 Å². The molecule has 15 heavy (non-hydrogen) atoms. The number of likely N-dealkylation sites (N-methyl/N-ethyl adjacent to an activating group) is 1. The van der Waals surface area contributed by atoms with E-state index in [1.165, 1.54) is 24.3 Å². The maximum atomic E-state index is 12.7. The monoisotopic (exact) mass is 211 g/mol. The molecule has 1 N–H and O–H groups in total. The zero-order chi connectivity index (χ0) is 11.6. The van der Waals surface area contributed by atoms with Crippen LogP contribution in [0.3, 0.4) is 0 Å². The molecule has 82 valence electrons. The van der Waals surface area contributed by atoms with Gasteiger partial charge in [0.1, 0.15) is 11.4 Å². The fourth-order valence-corrected chi connectivity index (χ4v) is 1.35. The minimum Gasteiger partial charge on any atom is -0.480 e. The molecule has 0 aromatic heterocycles. The Kier molecular flexibility index (Phi) is 3.09. The first-order chi connectivity index (χ1) is 6.89. The number of halogens is 1. The maximum Gasteiger partial charge on any atom is 0.328 e. The quantitative estimate of drug-likeness (QED) is 0.827. The topological polar surface area (TPSA) is 40.5 Å². The van der Waals surface area contributed by atoms with E-state index in [1.54, 1.807) is 25.9 Å². The van der Waals surface area contributed by atoms with Crippen LogP contribution in [0, 0.1) is 5.82 Å². The van der Waals surface area contributed by atoms with Crippen molar-refractivity contribution in [3.63, 3.8) is 0 Å². The molecule has 0 spiro atoms. The van der Waals surface area contributed by atoms with Crippen LogP contribution < -0.4 is 0 Å². The third kappa shape index (κ3) is 1.99. The Balaban J connectivity index is 3.22. The Morgan fingerprint density at radius 3 is 2.13 bits per heavy atom. The van der Waals surface area contributed by atoms with E-state index >= 15 is 0 Å². The van der Waals surface area contributed by atoms with Crippen LogP contribution in [0.15, 0.2) is 24.3 Å². The Labute approximate surface area is 88.1 Å². The molecule has 1 aromatic carbocycles. The van der Waals surface area contributed by atoms with Crippen molar-refractivity contribution in [2.45, 2.75) is 12.5 Å². The van der Waals surface area contributed by atoms with Gasteiger partial charge in [0, 0.05) is 0 Å². The van der Waals surface area contributed by atoms with E-state index in [0.717, 1.165) is 0 Å². The molecule has 3 nitrogen and oxygen atoms in total. The fourth-order valence-electron chi connectivity index (χ4n) is 1.35. The molecule has 0 aliphatic rings. The van der Waals surface area contributed by atoms with Gasteiger partial charge in [-0.05, 0) is 38.7 Å². The molecule has 4 heteroatoms. The van der Waals surface area contributed by atoms with Gasteiger partial charge < -0.3 is 5.11 Å².